The van der Waals surface area contributed by atoms with Crippen LogP contribution in [0.5, 0.6) is 0 Å². The minimum Gasteiger partial charge on any atom is -0.392 e. The summed E-state index contributed by atoms with van der Waals surface area (Å²) >= 11 is 0. The number of esters is 2. The van der Waals surface area contributed by atoms with E-state index in [1.165, 1.54) is 21.3 Å². The van der Waals surface area contributed by atoms with Crippen molar-refractivity contribution in [1.29, 1.82) is 0 Å². The second-order valence-corrected chi connectivity index (χ2v) is 7.14. The van der Waals surface area contributed by atoms with Crippen LogP contribution < -0.4 is 0 Å². The third-order valence-electron chi connectivity index (χ3n) is 3.50. The van der Waals surface area contributed by atoms with Gasteiger partial charge in [0.1, 0.15) is 0 Å². The Hall–Kier alpha value is -1.02. The van der Waals surface area contributed by atoms with E-state index in [-0.39, 0.29) is 0 Å². The minimum atomic E-state index is -3.07. The summed E-state index contributed by atoms with van der Waals surface area (Å²) in [5, 5.41) is 0.641. The lowest BCUT2D eigenvalue weighted by atomic mass is 9.86. The Morgan fingerprint density at radius 3 is 2.33 bits per heavy atom. The number of fused-ring (bicyclic) bond motifs is 1. The standard InChI is InChI=1S/C11H16O6Si/c1-14-18(15-2,16-3)8-6-4-5-7-9(8)11(13)17-10(7)12/h6-7,9H,4-5H2,1-3H3. The Labute approximate surface area is 106 Å². The smallest absolute Gasteiger partial charge is 0.392 e. The summed E-state index contributed by atoms with van der Waals surface area (Å²) in [6.45, 7) is 0. The van der Waals surface area contributed by atoms with Crippen molar-refractivity contribution in [3.8, 4) is 0 Å². The fourth-order valence-electron chi connectivity index (χ4n) is 2.63. The normalized spacial score (nSPS) is 27.8. The van der Waals surface area contributed by atoms with Crippen molar-refractivity contribution in [2.24, 2.45) is 11.8 Å². The van der Waals surface area contributed by atoms with Gasteiger partial charge < -0.3 is 18.0 Å². The molecule has 2 rings (SSSR count). The van der Waals surface area contributed by atoms with E-state index < -0.39 is 32.6 Å². The van der Waals surface area contributed by atoms with Gasteiger partial charge in [0.25, 0.3) is 0 Å². The Morgan fingerprint density at radius 2 is 1.78 bits per heavy atom. The molecule has 0 aromatic heterocycles. The first-order chi connectivity index (χ1) is 8.59. The molecule has 0 aromatic rings. The summed E-state index contributed by atoms with van der Waals surface area (Å²) < 4.78 is 20.8. The van der Waals surface area contributed by atoms with Crippen LogP contribution in [0.1, 0.15) is 12.8 Å². The maximum Gasteiger partial charge on any atom is 0.532 e. The van der Waals surface area contributed by atoms with Crippen molar-refractivity contribution >= 4 is 20.7 Å². The third kappa shape index (κ3) is 1.83. The molecule has 2 aliphatic rings. The van der Waals surface area contributed by atoms with E-state index in [2.05, 4.69) is 0 Å². The zero-order valence-corrected chi connectivity index (χ0v) is 11.6. The van der Waals surface area contributed by atoms with Gasteiger partial charge in [0.2, 0.25) is 0 Å². The van der Waals surface area contributed by atoms with E-state index in [9.17, 15) is 9.59 Å². The summed E-state index contributed by atoms with van der Waals surface area (Å²) in [6, 6.07) is 0. The molecule has 7 heteroatoms. The van der Waals surface area contributed by atoms with Crippen molar-refractivity contribution in [3.05, 3.63) is 11.3 Å². The number of hydrogen-bond acceptors (Lipinski definition) is 6. The topological polar surface area (TPSA) is 71.1 Å². The highest BCUT2D eigenvalue weighted by Crippen LogP contribution is 2.41. The van der Waals surface area contributed by atoms with Crippen LogP contribution in [-0.4, -0.2) is 42.1 Å². The van der Waals surface area contributed by atoms with Crippen LogP contribution in [0.3, 0.4) is 0 Å². The fourth-order valence-corrected chi connectivity index (χ4v) is 4.93. The Balaban J connectivity index is 2.40. The van der Waals surface area contributed by atoms with Crippen LogP contribution in [0.2, 0.25) is 0 Å². The molecule has 0 spiro atoms. The summed E-state index contributed by atoms with van der Waals surface area (Å²) in [7, 11) is 1.37. The largest absolute Gasteiger partial charge is 0.532 e. The molecule has 6 nitrogen and oxygen atoms in total. The lowest BCUT2D eigenvalue weighted by Gasteiger charge is -2.32. The first kappa shape index (κ1) is 13.4. The molecule has 0 N–H and O–H groups in total. The third-order valence-corrected chi connectivity index (χ3v) is 6.33. The van der Waals surface area contributed by atoms with Gasteiger partial charge in [-0.25, -0.2) is 0 Å². The Morgan fingerprint density at radius 1 is 1.17 bits per heavy atom. The molecule has 2 unspecified atom stereocenters. The fraction of sp³-hybridized carbons (Fsp3) is 0.636. The molecule has 1 fully saturated rings. The van der Waals surface area contributed by atoms with Gasteiger partial charge in [-0.05, 0) is 12.8 Å². The van der Waals surface area contributed by atoms with E-state index >= 15 is 0 Å². The number of ether oxygens (including phenoxy) is 1. The molecule has 2 atom stereocenters. The van der Waals surface area contributed by atoms with Crippen LogP contribution in [-0.2, 0) is 27.6 Å². The summed E-state index contributed by atoms with van der Waals surface area (Å²) in [5.41, 5.74) is 0. The van der Waals surface area contributed by atoms with Gasteiger partial charge in [0, 0.05) is 26.5 Å². The van der Waals surface area contributed by atoms with Gasteiger partial charge in [0.05, 0.1) is 11.8 Å². The maximum atomic E-state index is 11.8. The number of rotatable bonds is 4. The van der Waals surface area contributed by atoms with Crippen LogP contribution in [0, 0.1) is 11.8 Å². The second-order valence-electron chi connectivity index (χ2n) is 4.23. The number of cyclic esters (lactones) is 2. The van der Waals surface area contributed by atoms with Gasteiger partial charge in [-0.15, -0.1) is 0 Å². The molecular formula is C11H16O6Si. The van der Waals surface area contributed by atoms with Crippen molar-refractivity contribution in [3.63, 3.8) is 0 Å². The van der Waals surface area contributed by atoms with Crippen LogP contribution in [0.25, 0.3) is 0 Å². The number of hydrogen-bond donors (Lipinski definition) is 0. The van der Waals surface area contributed by atoms with Crippen LogP contribution in [0.4, 0.5) is 0 Å². The molecule has 1 aliphatic carbocycles. The van der Waals surface area contributed by atoms with Gasteiger partial charge >= 0.3 is 20.7 Å². The predicted molar refractivity (Wildman–Crippen MR) is 62.2 cm³/mol. The molecule has 0 aromatic carbocycles. The molecule has 1 aliphatic heterocycles. The molecule has 0 radical (unpaired) electrons. The molecule has 0 saturated carbocycles. The van der Waals surface area contributed by atoms with Gasteiger partial charge in [-0.1, -0.05) is 6.08 Å². The first-order valence-corrected chi connectivity index (χ1v) is 7.43. The Kier molecular flexibility index (Phi) is 3.67. The van der Waals surface area contributed by atoms with Gasteiger partial charge in [-0.2, -0.15) is 0 Å². The van der Waals surface area contributed by atoms with Gasteiger partial charge in [0.15, 0.2) is 0 Å². The zero-order valence-electron chi connectivity index (χ0n) is 10.6. The zero-order chi connectivity index (χ0) is 13.3. The first-order valence-electron chi connectivity index (χ1n) is 5.71. The van der Waals surface area contributed by atoms with E-state index in [1.54, 1.807) is 0 Å². The van der Waals surface area contributed by atoms with Crippen LogP contribution >= 0.6 is 0 Å². The number of allylic oxidation sites excluding steroid dienone is 1. The predicted octanol–water partition coefficient (Wildman–Crippen LogP) is 0.440. The van der Waals surface area contributed by atoms with E-state index in [0.717, 1.165) is 0 Å². The summed E-state index contributed by atoms with van der Waals surface area (Å²) in [5.74, 6) is -2.02. The van der Waals surface area contributed by atoms with E-state index in [4.69, 9.17) is 18.0 Å². The highest BCUT2D eigenvalue weighted by Gasteiger charge is 2.57. The van der Waals surface area contributed by atoms with Crippen molar-refractivity contribution in [1.82, 2.24) is 0 Å². The molecule has 18 heavy (non-hydrogen) atoms. The van der Waals surface area contributed by atoms with Crippen LogP contribution in [0.15, 0.2) is 11.3 Å². The lowest BCUT2D eigenvalue weighted by Crippen LogP contribution is -2.50. The quantitative estimate of drug-likeness (QED) is 0.420. The second kappa shape index (κ2) is 4.92. The minimum absolute atomic E-state index is 0.426. The van der Waals surface area contributed by atoms with E-state index in [1.807, 2.05) is 6.08 Å². The Bertz CT molecular complexity index is 392. The molecule has 1 saturated heterocycles. The van der Waals surface area contributed by atoms with Gasteiger partial charge in [-0.3, -0.25) is 9.59 Å². The summed E-state index contributed by atoms with van der Waals surface area (Å²) in [6.07, 6.45) is 3.17. The summed E-state index contributed by atoms with van der Waals surface area (Å²) in [4.78, 5) is 23.4. The number of carbonyl (C=O) groups excluding carboxylic acids is 2. The van der Waals surface area contributed by atoms with Crippen molar-refractivity contribution in [2.45, 2.75) is 12.8 Å². The molecule has 0 amide bonds. The SMILES string of the molecule is CO[Si](OC)(OC)C1=CCCC2C(=O)OC(=O)C12. The van der Waals surface area contributed by atoms with Crippen molar-refractivity contribution < 1.29 is 27.6 Å². The average Bonchev–Trinajstić information content (AvgIpc) is 2.69. The number of carbonyl (C=O) groups is 2. The molecule has 100 valence electrons. The average molecular weight is 272 g/mol. The highest BCUT2D eigenvalue weighted by molar-refractivity contribution is 6.69. The monoisotopic (exact) mass is 272 g/mol. The maximum absolute atomic E-state index is 11.8. The van der Waals surface area contributed by atoms with E-state index in [0.29, 0.717) is 18.0 Å². The lowest BCUT2D eigenvalue weighted by molar-refractivity contribution is -0.153. The van der Waals surface area contributed by atoms with Crippen molar-refractivity contribution in [2.75, 3.05) is 21.3 Å². The highest BCUT2D eigenvalue weighted by atomic mass is 28.4. The molecule has 1 heterocycles. The molecular weight excluding hydrogens is 256 g/mol. The molecule has 0 bridgehead atoms.